The first kappa shape index (κ1) is 22.6. The number of aryl methyl sites for hydroxylation is 1. The number of carbonyl (C=O) groups is 1. The molecule has 1 unspecified atom stereocenters. The fraction of sp³-hybridized carbons (Fsp3) is 0.240. The van der Waals surface area contributed by atoms with Crippen molar-refractivity contribution in [2.75, 3.05) is 4.31 Å². The Bertz CT molecular complexity index is 990. The van der Waals surface area contributed by atoms with Gasteiger partial charge in [0.1, 0.15) is 11.5 Å². The molecule has 31 heavy (non-hydrogen) atoms. The van der Waals surface area contributed by atoms with Crippen molar-refractivity contribution < 1.29 is 14.3 Å². The van der Waals surface area contributed by atoms with Crippen molar-refractivity contribution >= 4 is 24.5 Å². The highest BCUT2D eigenvalue weighted by Crippen LogP contribution is 2.27. The van der Waals surface area contributed by atoms with Crippen molar-refractivity contribution in [3.05, 3.63) is 78.4 Å². The zero-order valence-electron chi connectivity index (χ0n) is 17.8. The minimum atomic E-state index is -0.659. The lowest BCUT2D eigenvalue weighted by Crippen LogP contribution is -2.27. The number of thiol groups is 1. The summed E-state index contributed by atoms with van der Waals surface area (Å²) < 4.78 is 13.3. The maximum Gasteiger partial charge on any atom is 0.329 e. The van der Waals surface area contributed by atoms with Gasteiger partial charge in [0.15, 0.2) is 0 Å². The monoisotopic (exact) mass is 436 g/mol. The number of hydrogen-bond acceptors (Lipinski definition) is 4. The molecule has 0 saturated heterocycles. The standard InChI is InChI=1S/C25H28N2O3S/c1-3-4-8-24(30-23-7-5-6-21(17-23)27(31)25(26)28)29-22-15-13-20(14-16-22)19-11-9-18(2)10-12-19/h5-7,9-17,24,31H,3-4,8H2,1-2H3,(H2,26,28). The number of unbranched alkanes of at least 4 members (excludes halogenated alkanes) is 1. The van der Waals surface area contributed by atoms with Gasteiger partial charge in [0.2, 0.25) is 6.29 Å². The smallest absolute Gasteiger partial charge is 0.329 e. The second kappa shape index (κ2) is 10.8. The van der Waals surface area contributed by atoms with E-state index in [9.17, 15) is 4.79 Å². The average Bonchev–Trinajstić information content (AvgIpc) is 2.78. The van der Waals surface area contributed by atoms with E-state index >= 15 is 0 Å². The Morgan fingerprint density at radius 2 is 1.58 bits per heavy atom. The van der Waals surface area contributed by atoms with Crippen molar-refractivity contribution in [2.24, 2.45) is 5.73 Å². The Balaban J connectivity index is 1.72. The number of hydrogen-bond donors (Lipinski definition) is 2. The molecule has 0 fully saturated rings. The van der Waals surface area contributed by atoms with Crippen LogP contribution in [-0.2, 0) is 0 Å². The maximum atomic E-state index is 11.4. The second-order valence-corrected chi connectivity index (χ2v) is 7.75. The van der Waals surface area contributed by atoms with E-state index in [0.717, 1.165) is 34.9 Å². The molecule has 162 valence electrons. The molecule has 0 aliphatic rings. The fourth-order valence-corrected chi connectivity index (χ4v) is 3.23. The molecule has 0 heterocycles. The summed E-state index contributed by atoms with van der Waals surface area (Å²) in [5.74, 6) is 1.32. The van der Waals surface area contributed by atoms with Crippen LogP contribution >= 0.6 is 12.8 Å². The molecule has 0 bridgehead atoms. The minimum absolute atomic E-state index is 0.456. The molecular formula is C25H28N2O3S. The molecule has 1 atom stereocenters. The third-order valence-corrected chi connectivity index (χ3v) is 5.27. The third-order valence-electron chi connectivity index (χ3n) is 4.84. The molecule has 0 spiro atoms. The van der Waals surface area contributed by atoms with Crippen molar-refractivity contribution in [3.63, 3.8) is 0 Å². The summed E-state index contributed by atoms with van der Waals surface area (Å²) in [5, 5.41) is 0. The number of rotatable bonds is 9. The van der Waals surface area contributed by atoms with Crippen LogP contribution in [0.1, 0.15) is 31.7 Å². The maximum absolute atomic E-state index is 11.4. The Morgan fingerprint density at radius 3 is 2.19 bits per heavy atom. The predicted octanol–water partition coefficient (Wildman–Crippen LogP) is 6.37. The molecule has 5 nitrogen and oxygen atoms in total. The minimum Gasteiger partial charge on any atom is -0.455 e. The van der Waals surface area contributed by atoms with Crippen LogP contribution in [0.4, 0.5) is 10.5 Å². The highest BCUT2D eigenvalue weighted by atomic mass is 32.1. The molecule has 3 aromatic carbocycles. The highest BCUT2D eigenvalue weighted by molar-refractivity contribution is 7.82. The molecule has 2 amide bonds. The first-order chi connectivity index (χ1) is 15.0. The van der Waals surface area contributed by atoms with Crippen molar-refractivity contribution in [1.82, 2.24) is 0 Å². The lowest BCUT2D eigenvalue weighted by molar-refractivity contribution is -0.00206. The predicted molar refractivity (Wildman–Crippen MR) is 129 cm³/mol. The SMILES string of the molecule is CCCCC(Oc1ccc(-c2ccc(C)cc2)cc1)Oc1cccc(N(S)C(N)=O)c1. The Kier molecular flexibility index (Phi) is 7.84. The average molecular weight is 437 g/mol. The van der Waals surface area contributed by atoms with Gasteiger partial charge >= 0.3 is 6.03 Å². The quantitative estimate of drug-likeness (QED) is 0.303. The van der Waals surface area contributed by atoms with Crippen molar-refractivity contribution in [2.45, 2.75) is 39.4 Å². The van der Waals surface area contributed by atoms with Crippen LogP contribution in [0.25, 0.3) is 11.1 Å². The number of ether oxygens (including phenoxy) is 2. The summed E-state index contributed by atoms with van der Waals surface area (Å²) in [4.78, 5) is 11.4. The van der Waals surface area contributed by atoms with Crippen LogP contribution in [0.15, 0.2) is 72.8 Å². The van der Waals surface area contributed by atoms with Crippen LogP contribution in [0, 0.1) is 6.92 Å². The lowest BCUT2D eigenvalue weighted by atomic mass is 10.0. The van der Waals surface area contributed by atoms with E-state index in [-0.39, 0.29) is 0 Å². The summed E-state index contributed by atoms with van der Waals surface area (Å²) >= 11 is 4.11. The van der Waals surface area contributed by atoms with E-state index in [2.05, 4.69) is 50.9 Å². The fourth-order valence-electron chi connectivity index (χ4n) is 3.10. The van der Waals surface area contributed by atoms with Gasteiger partial charge in [-0.15, -0.1) is 0 Å². The first-order valence-corrected chi connectivity index (χ1v) is 10.7. The van der Waals surface area contributed by atoms with Gasteiger partial charge in [-0.3, -0.25) is 0 Å². The number of urea groups is 1. The Morgan fingerprint density at radius 1 is 0.968 bits per heavy atom. The van der Waals surface area contributed by atoms with Gasteiger partial charge in [0.05, 0.1) is 5.69 Å². The summed E-state index contributed by atoms with van der Waals surface area (Å²) in [5.41, 5.74) is 9.36. The van der Waals surface area contributed by atoms with Gasteiger partial charge in [0.25, 0.3) is 0 Å². The van der Waals surface area contributed by atoms with Crippen LogP contribution in [0.3, 0.4) is 0 Å². The normalized spacial score (nSPS) is 11.6. The van der Waals surface area contributed by atoms with Crippen molar-refractivity contribution in [1.29, 1.82) is 0 Å². The summed E-state index contributed by atoms with van der Waals surface area (Å²) in [7, 11) is 0. The van der Waals surface area contributed by atoms with Crippen LogP contribution < -0.4 is 19.5 Å². The molecule has 0 radical (unpaired) electrons. The van der Waals surface area contributed by atoms with Crippen LogP contribution in [0.2, 0.25) is 0 Å². The van der Waals surface area contributed by atoms with Crippen LogP contribution in [-0.4, -0.2) is 12.3 Å². The van der Waals surface area contributed by atoms with E-state index in [1.165, 1.54) is 11.1 Å². The molecule has 3 rings (SSSR count). The number of nitrogens with zero attached hydrogens (tertiary/aromatic N) is 1. The Hall–Kier alpha value is -3.12. The molecule has 0 aromatic heterocycles. The van der Waals surface area contributed by atoms with Crippen molar-refractivity contribution in [3.8, 4) is 22.6 Å². The van der Waals surface area contributed by atoms with E-state index in [0.29, 0.717) is 11.4 Å². The third kappa shape index (κ3) is 6.43. The van der Waals surface area contributed by atoms with Gasteiger partial charge in [-0.1, -0.05) is 74.2 Å². The lowest BCUT2D eigenvalue weighted by Gasteiger charge is -2.21. The molecule has 6 heteroatoms. The van der Waals surface area contributed by atoms with Gasteiger partial charge in [-0.25, -0.2) is 9.10 Å². The number of amides is 2. The number of benzene rings is 3. The number of nitrogens with two attached hydrogens (primary N) is 1. The molecule has 0 aliphatic carbocycles. The molecule has 3 aromatic rings. The van der Waals surface area contributed by atoms with Gasteiger partial charge in [0, 0.05) is 12.5 Å². The molecular weight excluding hydrogens is 408 g/mol. The number of anilines is 1. The largest absolute Gasteiger partial charge is 0.455 e. The van der Waals surface area contributed by atoms with E-state index in [1.54, 1.807) is 18.2 Å². The second-order valence-electron chi connectivity index (χ2n) is 7.35. The van der Waals surface area contributed by atoms with Gasteiger partial charge in [-0.05, 0) is 48.7 Å². The van der Waals surface area contributed by atoms with Gasteiger partial charge in [-0.2, -0.15) is 0 Å². The first-order valence-electron chi connectivity index (χ1n) is 10.3. The summed E-state index contributed by atoms with van der Waals surface area (Å²) in [6.45, 7) is 4.20. The Labute approximate surface area is 189 Å². The highest BCUT2D eigenvalue weighted by Gasteiger charge is 2.14. The van der Waals surface area contributed by atoms with E-state index in [4.69, 9.17) is 15.2 Å². The summed E-state index contributed by atoms with van der Waals surface area (Å²) in [6.07, 6.45) is 2.27. The van der Waals surface area contributed by atoms with Crippen LogP contribution in [0.5, 0.6) is 11.5 Å². The molecule has 0 saturated carbocycles. The molecule has 0 aliphatic heterocycles. The number of carbonyl (C=O) groups excluding carboxylic acids is 1. The number of primary amides is 1. The zero-order valence-corrected chi connectivity index (χ0v) is 18.7. The van der Waals surface area contributed by atoms with Gasteiger partial charge < -0.3 is 15.2 Å². The summed E-state index contributed by atoms with van der Waals surface area (Å²) in [6, 6.07) is 22.8. The topological polar surface area (TPSA) is 64.8 Å². The van der Waals surface area contributed by atoms with E-state index in [1.807, 2.05) is 30.3 Å². The van der Waals surface area contributed by atoms with E-state index < -0.39 is 12.3 Å². The zero-order chi connectivity index (χ0) is 22.2. The molecule has 2 N–H and O–H groups in total.